The molecule has 3 aromatic rings. The van der Waals surface area contributed by atoms with Crippen molar-refractivity contribution in [1.82, 2.24) is 25.8 Å². The molecule has 0 saturated carbocycles. The minimum absolute atomic E-state index is 0. The molecule has 0 unspecified atom stereocenters. The third kappa shape index (κ3) is 7.36. The highest BCUT2D eigenvalue weighted by atomic mass is 127. The van der Waals surface area contributed by atoms with Crippen molar-refractivity contribution in [3.05, 3.63) is 54.0 Å². The summed E-state index contributed by atoms with van der Waals surface area (Å²) in [5, 5.41) is 13.7. The van der Waals surface area contributed by atoms with Crippen LogP contribution in [-0.4, -0.2) is 41.3 Å². The van der Waals surface area contributed by atoms with Crippen molar-refractivity contribution in [2.75, 3.05) is 20.2 Å². The fourth-order valence-corrected chi connectivity index (χ4v) is 2.83. The number of ether oxygens (including phenoxy) is 1. The van der Waals surface area contributed by atoms with Gasteiger partial charge in [0.1, 0.15) is 18.1 Å². The molecule has 9 heteroatoms. The third-order valence-electron chi connectivity index (χ3n) is 4.35. The highest BCUT2D eigenvalue weighted by Gasteiger charge is 2.08. The van der Waals surface area contributed by atoms with Crippen LogP contribution in [0.2, 0.25) is 0 Å². The number of hydrogen-bond donors (Lipinski definition) is 3. The zero-order valence-electron chi connectivity index (χ0n) is 17.4. The van der Waals surface area contributed by atoms with E-state index in [2.05, 4.69) is 42.9 Å². The van der Waals surface area contributed by atoms with Crippen LogP contribution in [0.25, 0.3) is 11.6 Å². The number of H-pyrrole nitrogens is 1. The van der Waals surface area contributed by atoms with E-state index in [4.69, 9.17) is 9.15 Å². The van der Waals surface area contributed by atoms with Crippen LogP contribution in [0.5, 0.6) is 5.75 Å². The second-order valence-corrected chi connectivity index (χ2v) is 6.51. The Kier molecular flexibility index (Phi) is 10.2. The number of guanidine groups is 1. The van der Waals surface area contributed by atoms with Gasteiger partial charge in [0, 0.05) is 13.1 Å². The lowest BCUT2D eigenvalue weighted by atomic mass is 10.1. The number of aromatic amines is 1. The van der Waals surface area contributed by atoms with Gasteiger partial charge in [0.2, 0.25) is 5.82 Å². The summed E-state index contributed by atoms with van der Waals surface area (Å²) < 4.78 is 10.5. The van der Waals surface area contributed by atoms with Crippen molar-refractivity contribution < 1.29 is 9.15 Å². The van der Waals surface area contributed by atoms with E-state index < -0.39 is 0 Å². The number of hydrogen-bond acceptors (Lipinski definition) is 5. The van der Waals surface area contributed by atoms with Gasteiger partial charge in [-0.2, -0.15) is 0 Å². The smallest absolute Gasteiger partial charge is 0.216 e. The maximum absolute atomic E-state index is 5.30. The van der Waals surface area contributed by atoms with Crippen molar-refractivity contribution in [3.63, 3.8) is 0 Å². The molecular weight excluding hydrogens is 495 g/mol. The van der Waals surface area contributed by atoms with Crippen LogP contribution < -0.4 is 15.4 Å². The van der Waals surface area contributed by atoms with Crippen molar-refractivity contribution in [2.24, 2.45) is 4.99 Å². The molecule has 0 aliphatic carbocycles. The molecule has 2 aromatic heterocycles. The Morgan fingerprint density at radius 3 is 2.70 bits per heavy atom. The summed E-state index contributed by atoms with van der Waals surface area (Å²) in [6.45, 7) is 4.11. The molecule has 0 spiro atoms. The predicted octanol–water partition coefficient (Wildman–Crippen LogP) is 3.77. The first-order valence-electron chi connectivity index (χ1n) is 9.88. The van der Waals surface area contributed by atoms with Crippen molar-refractivity contribution in [1.29, 1.82) is 0 Å². The van der Waals surface area contributed by atoms with Gasteiger partial charge in [-0.05, 0) is 56.0 Å². The lowest BCUT2D eigenvalue weighted by molar-refractivity contribution is 0.414. The Morgan fingerprint density at radius 1 is 1.17 bits per heavy atom. The van der Waals surface area contributed by atoms with E-state index in [-0.39, 0.29) is 24.0 Å². The Bertz CT molecular complexity index is 877. The number of unbranched alkanes of at least 4 members (excludes halogenated alkanes) is 1. The Hall–Kier alpha value is -2.56. The van der Waals surface area contributed by atoms with E-state index in [1.165, 1.54) is 5.56 Å². The number of benzene rings is 1. The van der Waals surface area contributed by atoms with Gasteiger partial charge in [-0.3, -0.25) is 5.10 Å². The van der Waals surface area contributed by atoms with Gasteiger partial charge in [-0.1, -0.05) is 12.1 Å². The Morgan fingerprint density at radius 2 is 2.00 bits per heavy atom. The molecule has 0 radical (unpaired) electrons. The summed E-state index contributed by atoms with van der Waals surface area (Å²) in [5.41, 5.74) is 1.32. The molecule has 0 fully saturated rings. The summed E-state index contributed by atoms with van der Waals surface area (Å²) in [7, 11) is 1.69. The minimum Gasteiger partial charge on any atom is -0.497 e. The van der Waals surface area contributed by atoms with Gasteiger partial charge >= 0.3 is 0 Å². The lowest BCUT2D eigenvalue weighted by Gasteiger charge is -2.11. The molecule has 0 saturated heterocycles. The van der Waals surface area contributed by atoms with Gasteiger partial charge in [0.05, 0.1) is 13.4 Å². The SMILES string of the molecule is CCNC(=NCc1nc(-c2ccco2)n[nH]1)NCCCCc1ccc(OC)cc1.I. The van der Waals surface area contributed by atoms with Crippen molar-refractivity contribution >= 4 is 29.9 Å². The standard InChI is InChI=1S/C21H28N6O2.HI/c1-3-22-21(23-13-5-4-7-16-9-11-17(28-2)12-10-16)24-15-19-25-20(27-26-19)18-8-6-14-29-18;/h6,8-12,14H,3-5,7,13,15H2,1-2H3,(H2,22,23,24)(H,25,26,27);1H. The van der Waals surface area contributed by atoms with Crippen LogP contribution in [0.4, 0.5) is 0 Å². The lowest BCUT2D eigenvalue weighted by Crippen LogP contribution is -2.37. The average molecular weight is 524 g/mol. The summed E-state index contributed by atoms with van der Waals surface area (Å²) in [6, 6.07) is 11.9. The van der Waals surface area contributed by atoms with Crippen LogP contribution >= 0.6 is 24.0 Å². The zero-order valence-corrected chi connectivity index (χ0v) is 19.7. The Balaban J connectivity index is 0.00000320. The maximum atomic E-state index is 5.30. The number of nitrogens with one attached hydrogen (secondary N) is 3. The number of aromatic nitrogens is 3. The topological polar surface area (TPSA) is 100 Å². The van der Waals surface area contributed by atoms with Crippen LogP contribution in [0, 0.1) is 0 Å². The molecular formula is C21H29IN6O2. The van der Waals surface area contributed by atoms with E-state index >= 15 is 0 Å². The zero-order chi connectivity index (χ0) is 20.3. The van der Waals surface area contributed by atoms with Gasteiger partial charge in [0.15, 0.2) is 11.7 Å². The third-order valence-corrected chi connectivity index (χ3v) is 4.35. The largest absolute Gasteiger partial charge is 0.497 e. The number of furan rings is 1. The van der Waals surface area contributed by atoms with Gasteiger partial charge in [0.25, 0.3) is 0 Å². The summed E-state index contributed by atoms with van der Waals surface area (Å²) in [5.74, 6) is 3.53. The summed E-state index contributed by atoms with van der Waals surface area (Å²) in [6.07, 6.45) is 4.81. The number of methoxy groups -OCH3 is 1. The molecule has 1 aromatic carbocycles. The minimum atomic E-state index is 0. The molecule has 30 heavy (non-hydrogen) atoms. The highest BCUT2D eigenvalue weighted by Crippen LogP contribution is 2.14. The molecule has 2 heterocycles. The van der Waals surface area contributed by atoms with Crippen molar-refractivity contribution in [3.8, 4) is 17.3 Å². The molecule has 162 valence electrons. The normalized spacial score (nSPS) is 11.1. The van der Waals surface area contributed by atoms with E-state index in [0.717, 1.165) is 44.1 Å². The number of rotatable bonds is 10. The number of nitrogens with zero attached hydrogens (tertiary/aromatic N) is 3. The van der Waals surface area contributed by atoms with E-state index in [1.807, 2.05) is 31.2 Å². The van der Waals surface area contributed by atoms with Crippen molar-refractivity contribution in [2.45, 2.75) is 32.7 Å². The number of aliphatic imine (C=N–C) groups is 1. The summed E-state index contributed by atoms with van der Waals surface area (Å²) >= 11 is 0. The molecule has 8 nitrogen and oxygen atoms in total. The van der Waals surface area contributed by atoms with Gasteiger partial charge in [-0.25, -0.2) is 9.98 Å². The predicted molar refractivity (Wildman–Crippen MR) is 128 cm³/mol. The molecule has 0 amide bonds. The average Bonchev–Trinajstić information content (AvgIpc) is 3.44. The second kappa shape index (κ2) is 12.9. The van der Waals surface area contributed by atoms with Crippen LogP contribution in [0.15, 0.2) is 52.1 Å². The molecule has 0 aliphatic rings. The first-order valence-corrected chi connectivity index (χ1v) is 9.88. The first kappa shape index (κ1) is 23.7. The molecule has 0 bridgehead atoms. The quantitative estimate of drug-likeness (QED) is 0.162. The Labute approximate surface area is 193 Å². The van der Waals surface area contributed by atoms with Crippen LogP contribution in [0.1, 0.15) is 31.2 Å². The first-order chi connectivity index (χ1) is 14.3. The fourth-order valence-electron chi connectivity index (χ4n) is 2.83. The molecule has 3 N–H and O–H groups in total. The monoisotopic (exact) mass is 524 g/mol. The van der Waals surface area contributed by atoms with Crippen LogP contribution in [-0.2, 0) is 13.0 Å². The van der Waals surface area contributed by atoms with Gasteiger partial charge < -0.3 is 19.8 Å². The number of halogens is 1. The van der Waals surface area contributed by atoms with Gasteiger partial charge in [-0.15, -0.1) is 29.1 Å². The number of aryl methyl sites for hydroxylation is 1. The fraction of sp³-hybridized carbons (Fsp3) is 0.381. The molecule has 0 atom stereocenters. The highest BCUT2D eigenvalue weighted by molar-refractivity contribution is 14.0. The van der Waals surface area contributed by atoms with Crippen LogP contribution in [0.3, 0.4) is 0 Å². The molecule has 3 rings (SSSR count). The van der Waals surface area contributed by atoms with E-state index in [0.29, 0.717) is 24.0 Å². The summed E-state index contributed by atoms with van der Waals surface area (Å²) in [4.78, 5) is 8.98. The molecule has 0 aliphatic heterocycles. The maximum Gasteiger partial charge on any atom is 0.216 e. The van der Waals surface area contributed by atoms with E-state index in [9.17, 15) is 0 Å². The van der Waals surface area contributed by atoms with E-state index in [1.54, 1.807) is 13.4 Å². The second-order valence-electron chi connectivity index (χ2n) is 6.51.